The van der Waals surface area contributed by atoms with Gasteiger partial charge in [-0.15, -0.1) is 0 Å². The van der Waals surface area contributed by atoms with Crippen LogP contribution < -0.4 is 11.1 Å². The zero-order valence-electron chi connectivity index (χ0n) is 9.44. The van der Waals surface area contributed by atoms with Crippen LogP contribution in [0.1, 0.15) is 36.7 Å². The molecule has 4 heteroatoms. The average molecular weight is 219 g/mol. The first-order valence-corrected chi connectivity index (χ1v) is 5.73. The Morgan fingerprint density at radius 3 is 3.19 bits per heavy atom. The second kappa shape index (κ2) is 4.51. The third kappa shape index (κ3) is 2.51. The Bertz CT molecular complexity index is 392. The van der Waals surface area contributed by atoms with Crippen molar-refractivity contribution in [1.82, 2.24) is 4.98 Å². The van der Waals surface area contributed by atoms with E-state index < -0.39 is 5.91 Å². The van der Waals surface area contributed by atoms with Gasteiger partial charge in [0, 0.05) is 17.9 Å². The molecule has 1 heterocycles. The lowest BCUT2D eigenvalue weighted by atomic mass is 10.2. The zero-order valence-corrected chi connectivity index (χ0v) is 9.44. The summed E-state index contributed by atoms with van der Waals surface area (Å²) in [5, 5.41) is 3.40. The van der Waals surface area contributed by atoms with Crippen molar-refractivity contribution < 1.29 is 4.79 Å². The van der Waals surface area contributed by atoms with Crippen molar-refractivity contribution in [2.75, 3.05) is 5.32 Å². The number of amides is 1. The van der Waals surface area contributed by atoms with Crippen LogP contribution in [0, 0.1) is 5.92 Å². The Morgan fingerprint density at radius 1 is 1.69 bits per heavy atom. The number of nitrogens with one attached hydrogen (secondary N) is 1. The van der Waals surface area contributed by atoms with Gasteiger partial charge >= 0.3 is 0 Å². The van der Waals surface area contributed by atoms with Gasteiger partial charge in [0.15, 0.2) is 0 Å². The molecular weight excluding hydrogens is 202 g/mol. The second-order valence-electron chi connectivity index (χ2n) is 4.33. The van der Waals surface area contributed by atoms with Crippen molar-refractivity contribution in [3.8, 4) is 0 Å². The van der Waals surface area contributed by atoms with E-state index in [1.54, 1.807) is 12.3 Å². The van der Waals surface area contributed by atoms with Crippen molar-refractivity contribution in [1.29, 1.82) is 0 Å². The second-order valence-corrected chi connectivity index (χ2v) is 4.33. The van der Waals surface area contributed by atoms with E-state index in [1.807, 2.05) is 6.07 Å². The van der Waals surface area contributed by atoms with Crippen LogP contribution in [-0.4, -0.2) is 16.9 Å². The molecule has 2 unspecified atom stereocenters. The topological polar surface area (TPSA) is 68.0 Å². The first-order chi connectivity index (χ1) is 7.70. The summed E-state index contributed by atoms with van der Waals surface area (Å²) in [6, 6.07) is 4.14. The van der Waals surface area contributed by atoms with Crippen LogP contribution in [-0.2, 0) is 0 Å². The van der Waals surface area contributed by atoms with E-state index in [2.05, 4.69) is 17.2 Å². The summed E-state index contributed by atoms with van der Waals surface area (Å²) < 4.78 is 0. The van der Waals surface area contributed by atoms with Gasteiger partial charge in [-0.05, 0) is 30.9 Å². The number of nitrogens with zero attached hydrogens (tertiary/aromatic N) is 1. The lowest BCUT2D eigenvalue weighted by Gasteiger charge is -2.06. The number of aromatic nitrogens is 1. The number of pyridine rings is 1. The van der Waals surface area contributed by atoms with E-state index in [4.69, 9.17) is 5.73 Å². The monoisotopic (exact) mass is 219 g/mol. The standard InChI is InChI=1S/C12H17N3O/c1-2-3-8-6-10(8)15-9-4-5-14-11(7-9)12(13)16/h4-5,7-8,10H,2-3,6H2,1H3,(H2,13,16)(H,14,15). The lowest BCUT2D eigenvalue weighted by Crippen LogP contribution is -2.14. The van der Waals surface area contributed by atoms with E-state index in [0.717, 1.165) is 11.6 Å². The fourth-order valence-electron chi connectivity index (χ4n) is 1.98. The van der Waals surface area contributed by atoms with Crippen molar-refractivity contribution >= 4 is 11.6 Å². The predicted octanol–water partition coefficient (Wildman–Crippen LogP) is 1.78. The first-order valence-electron chi connectivity index (χ1n) is 5.73. The van der Waals surface area contributed by atoms with Gasteiger partial charge < -0.3 is 11.1 Å². The largest absolute Gasteiger partial charge is 0.382 e. The van der Waals surface area contributed by atoms with E-state index in [9.17, 15) is 4.79 Å². The molecule has 86 valence electrons. The van der Waals surface area contributed by atoms with Crippen molar-refractivity contribution in [3.63, 3.8) is 0 Å². The highest BCUT2D eigenvalue weighted by molar-refractivity contribution is 5.91. The molecule has 3 N–H and O–H groups in total. The number of anilines is 1. The Labute approximate surface area is 95.3 Å². The molecule has 0 aromatic carbocycles. The van der Waals surface area contributed by atoms with Crippen LogP contribution in [0.15, 0.2) is 18.3 Å². The van der Waals surface area contributed by atoms with Crippen molar-refractivity contribution in [3.05, 3.63) is 24.0 Å². The average Bonchev–Trinajstić information content (AvgIpc) is 2.97. The highest BCUT2D eigenvalue weighted by Gasteiger charge is 2.35. The summed E-state index contributed by atoms with van der Waals surface area (Å²) in [4.78, 5) is 14.9. The van der Waals surface area contributed by atoms with Crippen LogP contribution in [0.25, 0.3) is 0 Å². The molecule has 0 aliphatic heterocycles. The summed E-state index contributed by atoms with van der Waals surface area (Å²) in [6.07, 6.45) is 5.33. The van der Waals surface area contributed by atoms with Crippen molar-refractivity contribution in [2.45, 2.75) is 32.2 Å². The maximum absolute atomic E-state index is 11.0. The molecule has 4 nitrogen and oxygen atoms in total. The quantitative estimate of drug-likeness (QED) is 0.793. The molecule has 1 amide bonds. The van der Waals surface area contributed by atoms with Crippen LogP contribution in [0.5, 0.6) is 0 Å². The summed E-state index contributed by atoms with van der Waals surface area (Å²) >= 11 is 0. The normalized spacial score (nSPS) is 22.8. The number of carbonyl (C=O) groups excluding carboxylic acids is 1. The third-order valence-electron chi connectivity index (χ3n) is 2.95. The Kier molecular flexibility index (Phi) is 3.08. The summed E-state index contributed by atoms with van der Waals surface area (Å²) in [5.41, 5.74) is 6.43. The summed E-state index contributed by atoms with van der Waals surface area (Å²) in [6.45, 7) is 2.20. The van der Waals surface area contributed by atoms with Crippen LogP contribution >= 0.6 is 0 Å². The molecule has 1 saturated carbocycles. The van der Waals surface area contributed by atoms with Crippen LogP contribution in [0.3, 0.4) is 0 Å². The Balaban J connectivity index is 1.95. The minimum absolute atomic E-state index is 0.317. The van der Waals surface area contributed by atoms with Gasteiger partial charge in [-0.2, -0.15) is 0 Å². The Morgan fingerprint density at radius 2 is 2.50 bits per heavy atom. The predicted molar refractivity (Wildman–Crippen MR) is 63.2 cm³/mol. The third-order valence-corrected chi connectivity index (χ3v) is 2.95. The molecule has 1 aromatic heterocycles. The van der Waals surface area contributed by atoms with Crippen LogP contribution in [0.2, 0.25) is 0 Å². The van der Waals surface area contributed by atoms with E-state index in [1.165, 1.54) is 19.3 Å². The fraction of sp³-hybridized carbons (Fsp3) is 0.500. The van der Waals surface area contributed by atoms with Crippen LogP contribution in [0.4, 0.5) is 5.69 Å². The zero-order chi connectivity index (χ0) is 11.5. The molecule has 2 rings (SSSR count). The molecule has 0 spiro atoms. The number of rotatable bonds is 5. The van der Waals surface area contributed by atoms with E-state index in [-0.39, 0.29) is 0 Å². The van der Waals surface area contributed by atoms with Gasteiger partial charge in [0.2, 0.25) is 0 Å². The maximum atomic E-state index is 11.0. The first kappa shape index (κ1) is 10.9. The molecule has 1 aliphatic rings. The number of primary amides is 1. The van der Waals surface area contributed by atoms with Gasteiger partial charge in [0.1, 0.15) is 5.69 Å². The minimum Gasteiger partial charge on any atom is -0.382 e. The van der Waals surface area contributed by atoms with E-state index in [0.29, 0.717) is 11.7 Å². The lowest BCUT2D eigenvalue weighted by molar-refractivity contribution is 0.0995. The summed E-state index contributed by atoms with van der Waals surface area (Å²) in [5.74, 6) is 0.305. The van der Waals surface area contributed by atoms with Gasteiger partial charge in [-0.3, -0.25) is 9.78 Å². The minimum atomic E-state index is -0.482. The molecule has 0 radical (unpaired) electrons. The molecule has 2 atom stereocenters. The number of carbonyl (C=O) groups is 1. The van der Waals surface area contributed by atoms with E-state index >= 15 is 0 Å². The number of hydrogen-bond acceptors (Lipinski definition) is 3. The SMILES string of the molecule is CCCC1CC1Nc1ccnc(C(N)=O)c1. The molecule has 16 heavy (non-hydrogen) atoms. The Hall–Kier alpha value is -1.58. The van der Waals surface area contributed by atoms with Gasteiger partial charge in [-0.1, -0.05) is 13.3 Å². The number of hydrogen-bond donors (Lipinski definition) is 2. The molecule has 1 fully saturated rings. The molecule has 1 aliphatic carbocycles. The van der Waals surface area contributed by atoms with Gasteiger partial charge in [0.25, 0.3) is 5.91 Å². The molecular formula is C12H17N3O. The molecule has 0 saturated heterocycles. The highest BCUT2D eigenvalue weighted by atomic mass is 16.1. The van der Waals surface area contributed by atoms with Gasteiger partial charge in [-0.25, -0.2) is 0 Å². The molecule has 1 aromatic rings. The number of nitrogens with two attached hydrogens (primary N) is 1. The highest BCUT2D eigenvalue weighted by Crippen LogP contribution is 2.37. The maximum Gasteiger partial charge on any atom is 0.267 e. The smallest absolute Gasteiger partial charge is 0.267 e. The van der Waals surface area contributed by atoms with Crippen molar-refractivity contribution in [2.24, 2.45) is 11.7 Å². The van der Waals surface area contributed by atoms with Gasteiger partial charge in [0.05, 0.1) is 0 Å². The summed E-state index contributed by atoms with van der Waals surface area (Å²) in [7, 11) is 0. The molecule has 0 bridgehead atoms. The fourth-order valence-corrected chi connectivity index (χ4v) is 1.98.